The number of benzene rings is 3. The van der Waals surface area contributed by atoms with Crippen molar-refractivity contribution in [2.24, 2.45) is 0 Å². The lowest BCUT2D eigenvalue weighted by molar-refractivity contribution is -0.117. The van der Waals surface area contributed by atoms with E-state index in [1.807, 2.05) is 36.4 Å². The fourth-order valence-electron chi connectivity index (χ4n) is 4.79. The Kier molecular flexibility index (Phi) is 7.14. The monoisotopic (exact) mass is 525 g/mol. The molecule has 3 N–H and O–H groups in total. The topological polar surface area (TPSA) is 127 Å². The van der Waals surface area contributed by atoms with E-state index < -0.39 is 29.4 Å². The summed E-state index contributed by atoms with van der Waals surface area (Å²) in [5.74, 6) is -1.32. The van der Waals surface area contributed by atoms with Crippen molar-refractivity contribution >= 4 is 34.6 Å². The summed E-state index contributed by atoms with van der Waals surface area (Å²) in [5.41, 5.74) is 4.62. The van der Waals surface area contributed by atoms with E-state index in [1.165, 1.54) is 19.2 Å². The molecule has 198 valence electrons. The Balaban J connectivity index is 1.22. The van der Waals surface area contributed by atoms with E-state index in [0.717, 1.165) is 22.3 Å². The highest BCUT2D eigenvalue weighted by Gasteiger charge is 2.29. The Morgan fingerprint density at radius 1 is 0.949 bits per heavy atom. The highest BCUT2D eigenvalue weighted by molar-refractivity contribution is 5.99. The van der Waals surface area contributed by atoms with Crippen molar-refractivity contribution < 1.29 is 23.9 Å². The Morgan fingerprint density at radius 2 is 1.62 bits per heavy atom. The van der Waals surface area contributed by atoms with Crippen LogP contribution >= 0.6 is 0 Å². The first kappa shape index (κ1) is 25.7. The van der Waals surface area contributed by atoms with Gasteiger partial charge in [-0.25, -0.2) is 9.59 Å². The Bertz CT molecular complexity index is 1600. The Labute approximate surface area is 224 Å². The number of anilines is 1. The minimum absolute atomic E-state index is 0.0949. The van der Waals surface area contributed by atoms with Crippen molar-refractivity contribution in [2.45, 2.75) is 25.8 Å². The fraction of sp³-hybridized carbons (Fsp3) is 0.200. The van der Waals surface area contributed by atoms with Gasteiger partial charge in [0.2, 0.25) is 11.3 Å². The quantitative estimate of drug-likeness (QED) is 0.304. The number of aromatic amines is 1. The molecule has 1 unspecified atom stereocenters. The number of rotatable bonds is 7. The maximum Gasteiger partial charge on any atom is 0.407 e. The molecule has 39 heavy (non-hydrogen) atoms. The zero-order valence-electron chi connectivity index (χ0n) is 21.4. The number of fused-ring (bicyclic) bond motifs is 4. The number of aromatic nitrogens is 1. The zero-order valence-corrected chi connectivity index (χ0v) is 21.4. The highest BCUT2D eigenvalue weighted by atomic mass is 16.5. The summed E-state index contributed by atoms with van der Waals surface area (Å²) in [6.07, 6.45) is 0.593. The number of hydrogen-bond acceptors (Lipinski definition) is 6. The van der Waals surface area contributed by atoms with Crippen molar-refractivity contribution in [2.75, 3.05) is 18.5 Å². The van der Waals surface area contributed by atoms with Gasteiger partial charge in [-0.05, 0) is 54.3 Å². The number of nitrogens with one attached hydrogen (secondary N) is 3. The molecule has 0 saturated heterocycles. The van der Waals surface area contributed by atoms with Crippen LogP contribution in [0.25, 0.3) is 22.0 Å². The number of pyridine rings is 1. The summed E-state index contributed by atoms with van der Waals surface area (Å²) in [6.45, 7) is 3.45. The van der Waals surface area contributed by atoms with Gasteiger partial charge in [0.15, 0.2) is 0 Å². The van der Waals surface area contributed by atoms with Crippen LogP contribution in [0.1, 0.15) is 41.3 Å². The molecule has 0 aliphatic heterocycles. The lowest BCUT2D eigenvalue weighted by Crippen LogP contribution is -2.42. The van der Waals surface area contributed by atoms with Crippen molar-refractivity contribution in [3.63, 3.8) is 0 Å². The van der Waals surface area contributed by atoms with Crippen molar-refractivity contribution in [3.8, 4) is 11.1 Å². The van der Waals surface area contributed by atoms with E-state index >= 15 is 0 Å². The van der Waals surface area contributed by atoms with E-state index in [4.69, 9.17) is 9.47 Å². The molecule has 0 bridgehead atoms. The van der Waals surface area contributed by atoms with E-state index in [-0.39, 0.29) is 30.1 Å². The first-order valence-corrected chi connectivity index (χ1v) is 12.6. The maximum atomic E-state index is 12.8. The number of H-pyrrole nitrogens is 1. The van der Waals surface area contributed by atoms with Gasteiger partial charge in [-0.15, -0.1) is 0 Å². The average molecular weight is 526 g/mol. The summed E-state index contributed by atoms with van der Waals surface area (Å²) < 4.78 is 10.4. The SMILES string of the molecule is CCOC(=O)c1c[nH]c2ccc(NC(=O)C(C)NC(=O)OCC3c4ccccc4-c4ccccc43)cc2c1=O. The van der Waals surface area contributed by atoms with Gasteiger partial charge < -0.3 is 25.1 Å². The molecule has 9 nitrogen and oxygen atoms in total. The van der Waals surface area contributed by atoms with Crippen LogP contribution in [0.5, 0.6) is 0 Å². The van der Waals surface area contributed by atoms with E-state index in [2.05, 4.69) is 27.8 Å². The van der Waals surface area contributed by atoms with Crippen molar-refractivity contribution in [1.29, 1.82) is 0 Å². The van der Waals surface area contributed by atoms with Crippen LogP contribution in [-0.4, -0.2) is 42.2 Å². The smallest absolute Gasteiger partial charge is 0.407 e. The number of hydrogen-bond donors (Lipinski definition) is 3. The first-order chi connectivity index (χ1) is 18.9. The zero-order chi connectivity index (χ0) is 27.5. The van der Waals surface area contributed by atoms with Crippen LogP contribution in [0.3, 0.4) is 0 Å². The van der Waals surface area contributed by atoms with Gasteiger partial charge in [0.05, 0.1) is 6.61 Å². The average Bonchev–Trinajstić information content (AvgIpc) is 3.26. The van der Waals surface area contributed by atoms with Crippen molar-refractivity contribution in [1.82, 2.24) is 10.3 Å². The molecule has 1 aliphatic rings. The number of carbonyl (C=O) groups is 3. The molecule has 1 atom stereocenters. The van der Waals surface area contributed by atoms with E-state index in [0.29, 0.717) is 11.2 Å². The minimum Gasteiger partial charge on any atom is -0.462 e. The molecular formula is C30H27N3O6. The molecule has 2 amide bonds. The molecular weight excluding hydrogens is 498 g/mol. The highest BCUT2D eigenvalue weighted by Crippen LogP contribution is 2.44. The predicted octanol–water partition coefficient (Wildman–Crippen LogP) is 4.57. The lowest BCUT2D eigenvalue weighted by Gasteiger charge is -2.17. The maximum absolute atomic E-state index is 12.8. The molecule has 0 spiro atoms. The second-order valence-corrected chi connectivity index (χ2v) is 9.19. The third-order valence-electron chi connectivity index (χ3n) is 6.72. The molecule has 0 fully saturated rings. The first-order valence-electron chi connectivity index (χ1n) is 12.6. The third-order valence-corrected chi connectivity index (χ3v) is 6.72. The molecule has 1 heterocycles. The van der Waals surface area contributed by atoms with Crippen LogP contribution in [0.2, 0.25) is 0 Å². The van der Waals surface area contributed by atoms with Gasteiger partial charge in [-0.2, -0.15) is 0 Å². The molecule has 4 aromatic rings. The third kappa shape index (κ3) is 5.11. The number of alkyl carbamates (subject to hydrolysis) is 1. The van der Waals surface area contributed by atoms with Crippen LogP contribution in [0.4, 0.5) is 10.5 Å². The van der Waals surface area contributed by atoms with Gasteiger partial charge in [0.1, 0.15) is 18.2 Å². The standard InChI is InChI=1S/C30H27N3O6/c1-3-38-29(36)24-15-31-26-13-12-18(14-23(26)27(24)34)33-28(35)17(2)32-30(37)39-16-25-21-10-6-4-8-19(21)20-9-5-7-11-22(20)25/h4-15,17,25H,3,16H2,1-2H3,(H,31,34)(H,32,37)(H,33,35). The molecule has 1 aromatic heterocycles. The van der Waals surface area contributed by atoms with Crippen molar-refractivity contribution in [3.05, 3.63) is 99.8 Å². The van der Waals surface area contributed by atoms with Crippen LogP contribution in [0.15, 0.2) is 77.7 Å². The number of amides is 2. The second kappa shape index (κ2) is 10.8. The van der Waals surface area contributed by atoms with Crippen LogP contribution in [0, 0.1) is 0 Å². The number of ether oxygens (including phenoxy) is 2. The summed E-state index contributed by atoms with van der Waals surface area (Å²) in [5, 5.41) is 5.46. The van der Waals surface area contributed by atoms with Gasteiger partial charge in [0.25, 0.3) is 0 Å². The van der Waals surface area contributed by atoms with E-state index in [9.17, 15) is 19.2 Å². The number of esters is 1. The van der Waals surface area contributed by atoms with Gasteiger partial charge in [-0.3, -0.25) is 9.59 Å². The summed E-state index contributed by atoms with van der Waals surface area (Å²) in [4.78, 5) is 53.1. The summed E-state index contributed by atoms with van der Waals surface area (Å²) in [6, 6.07) is 19.8. The number of carbonyl (C=O) groups excluding carboxylic acids is 3. The van der Waals surface area contributed by atoms with Crippen LogP contribution < -0.4 is 16.1 Å². The Morgan fingerprint density at radius 3 is 2.28 bits per heavy atom. The second-order valence-electron chi connectivity index (χ2n) is 9.19. The normalized spacial score (nSPS) is 12.8. The minimum atomic E-state index is -0.916. The summed E-state index contributed by atoms with van der Waals surface area (Å²) in [7, 11) is 0. The van der Waals surface area contributed by atoms with Gasteiger partial charge in [-0.1, -0.05) is 48.5 Å². The summed E-state index contributed by atoms with van der Waals surface area (Å²) >= 11 is 0. The predicted molar refractivity (Wildman–Crippen MR) is 147 cm³/mol. The molecule has 0 radical (unpaired) electrons. The van der Waals surface area contributed by atoms with E-state index in [1.54, 1.807) is 19.1 Å². The Hall–Kier alpha value is -4.92. The molecule has 1 aliphatic carbocycles. The molecule has 3 aromatic carbocycles. The van der Waals surface area contributed by atoms with Gasteiger partial charge in [0, 0.05) is 28.7 Å². The lowest BCUT2D eigenvalue weighted by atomic mass is 9.98. The molecule has 9 heteroatoms. The van der Waals surface area contributed by atoms with Crippen LogP contribution in [-0.2, 0) is 14.3 Å². The van der Waals surface area contributed by atoms with Gasteiger partial charge >= 0.3 is 12.1 Å². The fourth-order valence-corrected chi connectivity index (χ4v) is 4.79. The molecule has 5 rings (SSSR count). The largest absolute Gasteiger partial charge is 0.462 e. The molecule has 0 saturated carbocycles.